The number of primary amides is 1. The Bertz CT molecular complexity index is 193. The number of nitrogens with zero attached hydrogens (tertiary/aromatic N) is 1. The molecule has 0 aliphatic heterocycles. The Hall–Kier alpha value is -0.730. The van der Waals surface area contributed by atoms with Gasteiger partial charge in [-0.15, -0.1) is 0 Å². The second-order valence-corrected chi connectivity index (χ2v) is 4.84. The predicted octanol–water partition coefficient (Wildman–Crippen LogP) is 1.97. The molecule has 0 aromatic rings. The van der Waals surface area contributed by atoms with Gasteiger partial charge in [0.05, 0.1) is 0 Å². The fraction of sp³-hybridized carbons (Fsp3) is 0.909. The van der Waals surface area contributed by atoms with Crippen molar-refractivity contribution in [3.63, 3.8) is 0 Å². The van der Waals surface area contributed by atoms with E-state index in [2.05, 4.69) is 0 Å². The highest BCUT2D eigenvalue weighted by Crippen LogP contribution is 2.30. The lowest BCUT2D eigenvalue weighted by Crippen LogP contribution is -2.44. The largest absolute Gasteiger partial charge is 0.351 e. The molecule has 80 valence electrons. The summed E-state index contributed by atoms with van der Waals surface area (Å²) in [6.45, 7) is 1.82. The highest BCUT2D eigenvalue weighted by molar-refractivity contribution is 5.72. The van der Waals surface area contributed by atoms with Gasteiger partial charge in [0.1, 0.15) is 0 Å². The molecule has 3 heteroatoms. The summed E-state index contributed by atoms with van der Waals surface area (Å²) < 4.78 is 0. The van der Waals surface area contributed by atoms with Crippen molar-refractivity contribution in [2.45, 2.75) is 38.5 Å². The van der Waals surface area contributed by atoms with E-state index < -0.39 is 0 Å². The van der Waals surface area contributed by atoms with Gasteiger partial charge in [-0.3, -0.25) is 0 Å². The van der Waals surface area contributed by atoms with Crippen LogP contribution in [0.1, 0.15) is 38.5 Å². The molecule has 0 heterocycles. The van der Waals surface area contributed by atoms with Gasteiger partial charge in [0.25, 0.3) is 0 Å². The standard InChI is InChI=1S/C11H20N2O/c12-11(14)13(7-9-3-1-4-9)8-10-5-2-6-10/h9-10H,1-8H2,(H2,12,14). The van der Waals surface area contributed by atoms with Crippen molar-refractivity contribution in [2.75, 3.05) is 13.1 Å². The highest BCUT2D eigenvalue weighted by atomic mass is 16.2. The van der Waals surface area contributed by atoms with Crippen LogP contribution in [0.4, 0.5) is 4.79 Å². The molecule has 2 saturated carbocycles. The van der Waals surface area contributed by atoms with Gasteiger partial charge in [0.15, 0.2) is 0 Å². The van der Waals surface area contributed by atoms with E-state index in [-0.39, 0.29) is 6.03 Å². The molecule has 0 atom stereocenters. The maximum Gasteiger partial charge on any atom is 0.314 e. The number of nitrogens with two attached hydrogens (primary N) is 1. The monoisotopic (exact) mass is 196 g/mol. The van der Waals surface area contributed by atoms with Gasteiger partial charge in [-0.2, -0.15) is 0 Å². The molecular formula is C11H20N2O. The lowest BCUT2D eigenvalue weighted by atomic mass is 9.83. The number of carbonyl (C=O) groups excluding carboxylic acids is 1. The average molecular weight is 196 g/mol. The third-order valence-corrected chi connectivity index (χ3v) is 3.72. The molecule has 0 bridgehead atoms. The maximum atomic E-state index is 11.2. The van der Waals surface area contributed by atoms with Crippen molar-refractivity contribution in [2.24, 2.45) is 17.6 Å². The topological polar surface area (TPSA) is 46.3 Å². The summed E-state index contributed by atoms with van der Waals surface area (Å²) in [5, 5.41) is 0. The lowest BCUT2D eigenvalue weighted by molar-refractivity contribution is 0.145. The fourth-order valence-corrected chi connectivity index (χ4v) is 2.23. The first-order valence-electron chi connectivity index (χ1n) is 5.80. The Balaban J connectivity index is 1.76. The van der Waals surface area contributed by atoms with Crippen molar-refractivity contribution in [3.05, 3.63) is 0 Å². The van der Waals surface area contributed by atoms with Gasteiger partial charge >= 0.3 is 6.03 Å². The third kappa shape index (κ3) is 2.20. The van der Waals surface area contributed by atoms with Crippen molar-refractivity contribution in [1.29, 1.82) is 0 Å². The molecule has 2 fully saturated rings. The Kier molecular flexibility index (Phi) is 2.94. The van der Waals surface area contributed by atoms with Crippen LogP contribution in [0.5, 0.6) is 0 Å². The SMILES string of the molecule is NC(=O)N(CC1CCC1)CC1CCC1. The molecule has 0 radical (unpaired) electrons. The maximum absolute atomic E-state index is 11.2. The summed E-state index contributed by atoms with van der Waals surface area (Å²) in [4.78, 5) is 13.1. The Morgan fingerprint density at radius 2 is 1.50 bits per heavy atom. The van der Waals surface area contributed by atoms with Gasteiger partial charge in [0, 0.05) is 13.1 Å². The van der Waals surface area contributed by atoms with Crippen LogP contribution in [-0.2, 0) is 0 Å². The number of rotatable bonds is 4. The summed E-state index contributed by atoms with van der Waals surface area (Å²) >= 11 is 0. The molecule has 0 saturated heterocycles. The van der Waals surface area contributed by atoms with E-state index in [1.807, 2.05) is 4.90 Å². The quantitative estimate of drug-likeness (QED) is 0.734. The Morgan fingerprint density at radius 1 is 1.07 bits per heavy atom. The van der Waals surface area contributed by atoms with Crippen LogP contribution in [-0.4, -0.2) is 24.0 Å². The molecule has 0 aromatic carbocycles. The van der Waals surface area contributed by atoms with Crippen molar-refractivity contribution in [3.8, 4) is 0 Å². The zero-order chi connectivity index (χ0) is 9.97. The fourth-order valence-electron chi connectivity index (χ4n) is 2.23. The Labute approximate surface area is 85.6 Å². The van der Waals surface area contributed by atoms with Gasteiger partial charge in [-0.05, 0) is 37.5 Å². The zero-order valence-corrected chi connectivity index (χ0v) is 8.74. The average Bonchev–Trinajstić information content (AvgIpc) is 1.97. The van der Waals surface area contributed by atoms with Crippen LogP contribution >= 0.6 is 0 Å². The third-order valence-electron chi connectivity index (χ3n) is 3.72. The lowest BCUT2D eigenvalue weighted by Gasteiger charge is -2.35. The number of hydrogen-bond acceptors (Lipinski definition) is 1. The van der Waals surface area contributed by atoms with Gasteiger partial charge in [0.2, 0.25) is 0 Å². The number of urea groups is 1. The minimum absolute atomic E-state index is 0.219. The van der Waals surface area contributed by atoms with Crippen LogP contribution in [0.3, 0.4) is 0 Å². The van der Waals surface area contributed by atoms with E-state index in [1.54, 1.807) is 0 Å². The summed E-state index contributed by atoms with van der Waals surface area (Å²) in [7, 11) is 0. The molecule has 2 aliphatic rings. The van der Waals surface area contributed by atoms with Crippen molar-refractivity contribution < 1.29 is 4.79 Å². The first kappa shape index (κ1) is 9.81. The van der Waals surface area contributed by atoms with E-state index in [0.717, 1.165) is 24.9 Å². The molecule has 2 aliphatic carbocycles. The van der Waals surface area contributed by atoms with Crippen LogP contribution in [0.25, 0.3) is 0 Å². The molecule has 14 heavy (non-hydrogen) atoms. The van der Waals surface area contributed by atoms with E-state index in [1.165, 1.54) is 38.5 Å². The minimum Gasteiger partial charge on any atom is -0.351 e. The summed E-state index contributed by atoms with van der Waals surface area (Å²) in [5.41, 5.74) is 5.38. The molecule has 0 spiro atoms. The minimum atomic E-state index is -0.219. The molecule has 2 rings (SSSR count). The van der Waals surface area contributed by atoms with Crippen LogP contribution in [0, 0.1) is 11.8 Å². The van der Waals surface area contributed by atoms with Gasteiger partial charge < -0.3 is 10.6 Å². The molecule has 0 unspecified atom stereocenters. The van der Waals surface area contributed by atoms with Gasteiger partial charge in [-0.25, -0.2) is 4.79 Å². The summed E-state index contributed by atoms with van der Waals surface area (Å²) in [6, 6.07) is -0.219. The van der Waals surface area contributed by atoms with Crippen molar-refractivity contribution >= 4 is 6.03 Å². The van der Waals surface area contributed by atoms with E-state index in [0.29, 0.717) is 0 Å². The number of amides is 2. The molecular weight excluding hydrogens is 176 g/mol. The van der Waals surface area contributed by atoms with Crippen molar-refractivity contribution in [1.82, 2.24) is 4.90 Å². The van der Waals surface area contributed by atoms with Gasteiger partial charge in [-0.1, -0.05) is 12.8 Å². The highest BCUT2D eigenvalue weighted by Gasteiger charge is 2.26. The smallest absolute Gasteiger partial charge is 0.314 e. The predicted molar refractivity (Wildman–Crippen MR) is 55.8 cm³/mol. The molecule has 3 nitrogen and oxygen atoms in total. The first-order valence-corrected chi connectivity index (χ1v) is 5.80. The normalized spacial score (nSPS) is 22.6. The summed E-state index contributed by atoms with van der Waals surface area (Å²) in [5.74, 6) is 1.48. The molecule has 2 amide bonds. The number of carbonyl (C=O) groups is 1. The second-order valence-electron chi connectivity index (χ2n) is 4.84. The van der Waals surface area contributed by atoms with Crippen LogP contribution < -0.4 is 5.73 Å². The Morgan fingerprint density at radius 3 is 1.71 bits per heavy atom. The molecule has 0 aromatic heterocycles. The van der Waals surface area contributed by atoms with Crippen LogP contribution in [0.2, 0.25) is 0 Å². The van der Waals surface area contributed by atoms with E-state index in [9.17, 15) is 4.79 Å². The second kappa shape index (κ2) is 4.20. The summed E-state index contributed by atoms with van der Waals surface area (Å²) in [6.07, 6.45) is 7.81. The van der Waals surface area contributed by atoms with E-state index >= 15 is 0 Å². The first-order chi connectivity index (χ1) is 6.75. The van der Waals surface area contributed by atoms with E-state index in [4.69, 9.17) is 5.73 Å². The molecule has 2 N–H and O–H groups in total. The number of hydrogen-bond donors (Lipinski definition) is 1. The zero-order valence-electron chi connectivity index (χ0n) is 8.74. The van der Waals surface area contributed by atoms with Crippen LogP contribution in [0.15, 0.2) is 0 Å².